The molecule has 0 unspecified atom stereocenters. The number of sulfonamides is 1. The van der Waals surface area contributed by atoms with Crippen LogP contribution in [0.5, 0.6) is 0 Å². The fourth-order valence-electron chi connectivity index (χ4n) is 3.21. The molecule has 1 aromatic carbocycles. The molecule has 3 aromatic rings. The Labute approximate surface area is 182 Å². The fourth-order valence-corrected chi connectivity index (χ4v) is 5.62. The van der Waals surface area contributed by atoms with Crippen LogP contribution in [0.2, 0.25) is 5.02 Å². The number of esters is 1. The van der Waals surface area contributed by atoms with Gasteiger partial charge in [0.1, 0.15) is 6.04 Å². The lowest BCUT2D eigenvalue weighted by molar-refractivity contribution is -0.153. The third-order valence-corrected chi connectivity index (χ3v) is 7.74. The number of nitrogens with zero attached hydrogens (tertiary/aromatic N) is 3. The zero-order valence-electron chi connectivity index (χ0n) is 15.9. The van der Waals surface area contributed by atoms with Crippen molar-refractivity contribution in [2.24, 2.45) is 0 Å². The Morgan fingerprint density at radius 1 is 1.30 bits per heavy atom. The normalized spacial score (nSPS) is 18.4. The lowest BCUT2D eigenvalue weighted by Crippen LogP contribution is -2.41. The van der Waals surface area contributed by atoms with Gasteiger partial charge in [-0.3, -0.25) is 4.79 Å². The van der Waals surface area contributed by atoms with Crippen molar-refractivity contribution in [1.29, 1.82) is 0 Å². The molecule has 3 heterocycles. The summed E-state index contributed by atoms with van der Waals surface area (Å²) in [4.78, 5) is 13.7. The molecule has 0 radical (unpaired) electrons. The van der Waals surface area contributed by atoms with Gasteiger partial charge in [0.05, 0.1) is 9.77 Å². The quantitative estimate of drug-likeness (QED) is 0.506. The van der Waals surface area contributed by atoms with Crippen LogP contribution >= 0.6 is 22.9 Å². The summed E-state index contributed by atoms with van der Waals surface area (Å²) in [5, 5.41) is 10.2. The second-order valence-electron chi connectivity index (χ2n) is 6.73. The zero-order chi connectivity index (χ0) is 21.3. The van der Waals surface area contributed by atoms with Crippen molar-refractivity contribution in [3.63, 3.8) is 0 Å². The SMILES string of the molecule is C[C@@H](OC(=O)[C@H]1CCCN1S(=O)(=O)c1ccc(Cl)cc1)c1nnc(-c2cccs2)o1. The van der Waals surface area contributed by atoms with E-state index in [1.807, 2.05) is 17.5 Å². The van der Waals surface area contributed by atoms with Crippen LogP contribution in [0.1, 0.15) is 31.8 Å². The number of halogens is 1. The number of carbonyl (C=O) groups excluding carboxylic acids is 1. The van der Waals surface area contributed by atoms with Gasteiger partial charge in [-0.1, -0.05) is 17.7 Å². The summed E-state index contributed by atoms with van der Waals surface area (Å²) in [6, 6.07) is 8.64. The Morgan fingerprint density at radius 2 is 2.07 bits per heavy atom. The average Bonchev–Trinajstić information content (AvgIpc) is 3.49. The highest BCUT2D eigenvalue weighted by atomic mass is 35.5. The van der Waals surface area contributed by atoms with Gasteiger partial charge < -0.3 is 9.15 Å². The van der Waals surface area contributed by atoms with Crippen molar-refractivity contribution in [2.75, 3.05) is 6.54 Å². The summed E-state index contributed by atoms with van der Waals surface area (Å²) in [6.07, 6.45) is 0.131. The van der Waals surface area contributed by atoms with Crippen LogP contribution in [0.3, 0.4) is 0 Å². The third kappa shape index (κ3) is 4.13. The van der Waals surface area contributed by atoms with Crippen LogP contribution in [0.15, 0.2) is 51.1 Å². The summed E-state index contributed by atoms with van der Waals surface area (Å²) in [7, 11) is -3.85. The van der Waals surface area contributed by atoms with Gasteiger partial charge in [-0.15, -0.1) is 21.5 Å². The van der Waals surface area contributed by atoms with E-state index in [1.165, 1.54) is 39.9 Å². The number of ether oxygens (including phenoxy) is 1. The highest BCUT2D eigenvalue weighted by Gasteiger charge is 2.41. The molecule has 0 spiro atoms. The van der Waals surface area contributed by atoms with Gasteiger partial charge in [-0.05, 0) is 55.5 Å². The molecule has 158 valence electrons. The van der Waals surface area contributed by atoms with Crippen molar-refractivity contribution in [1.82, 2.24) is 14.5 Å². The highest BCUT2D eigenvalue weighted by molar-refractivity contribution is 7.89. The van der Waals surface area contributed by atoms with Crippen molar-refractivity contribution in [3.8, 4) is 10.8 Å². The van der Waals surface area contributed by atoms with Crippen molar-refractivity contribution >= 4 is 38.9 Å². The number of thiophene rings is 1. The first-order chi connectivity index (χ1) is 14.4. The summed E-state index contributed by atoms with van der Waals surface area (Å²) < 4.78 is 38.2. The van der Waals surface area contributed by atoms with Crippen LogP contribution in [0, 0.1) is 0 Å². The molecule has 0 amide bonds. The molecule has 2 atom stereocenters. The second-order valence-corrected chi connectivity index (χ2v) is 10.0. The van der Waals surface area contributed by atoms with Gasteiger partial charge in [-0.2, -0.15) is 4.31 Å². The van der Waals surface area contributed by atoms with E-state index in [1.54, 1.807) is 6.92 Å². The molecule has 1 saturated heterocycles. The molecule has 1 fully saturated rings. The molecule has 1 aliphatic rings. The van der Waals surface area contributed by atoms with Crippen LogP contribution in [0.4, 0.5) is 0 Å². The van der Waals surface area contributed by atoms with Gasteiger partial charge in [0, 0.05) is 11.6 Å². The average molecular weight is 468 g/mol. The first-order valence-corrected chi connectivity index (χ1v) is 11.9. The van der Waals surface area contributed by atoms with Gasteiger partial charge in [-0.25, -0.2) is 8.42 Å². The van der Waals surface area contributed by atoms with Crippen LogP contribution < -0.4 is 0 Å². The van der Waals surface area contributed by atoms with Gasteiger partial charge >= 0.3 is 5.97 Å². The molecule has 30 heavy (non-hydrogen) atoms. The predicted octanol–water partition coefficient (Wildman–Crippen LogP) is 3.91. The molecule has 0 bridgehead atoms. The topological polar surface area (TPSA) is 103 Å². The molecular weight excluding hydrogens is 450 g/mol. The number of carbonyl (C=O) groups is 1. The molecule has 4 rings (SSSR count). The Kier molecular flexibility index (Phi) is 5.92. The van der Waals surface area contributed by atoms with Crippen LogP contribution in [-0.4, -0.2) is 41.5 Å². The third-order valence-electron chi connectivity index (χ3n) is 4.71. The second kappa shape index (κ2) is 8.46. The molecule has 0 N–H and O–H groups in total. The summed E-state index contributed by atoms with van der Waals surface area (Å²) >= 11 is 7.30. The minimum Gasteiger partial charge on any atom is -0.451 e. The monoisotopic (exact) mass is 467 g/mol. The molecule has 1 aliphatic heterocycles. The summed E-state index contributed by atoms with van der Waals surface area (Å²) in [6.45, 7) is 1.85. The first-order valence-electron chi connectivity index (χ1n) is 9.21. The number of hydrogen-bond donors (Lipinski definition) is 0. The Morgan fingerprint density at radius 3 is 2.77 bits per heavy atom. The smallest absolute Gasteiger partial charge is 0.325 e. The maximum absolute atomic E-state index is 13.0. The van der Waals surface area contributed by atoms with Crippen molar-refractivity contribution in [3.05, 3.63) is 52.7 Å². The Balaban J connectivity index is 1.48. The number of rotatable bonds is 6. The molecule has 2 aromatic heterocycles. The van der Waals surface area contributed by atoms with E-state index in [-0.39, 0.29) is 17.3 Å². The largest absolute Gasteiger partial charge is 0.451 e. The highest BCUT2D eigenvalue weighted by Crippen LogP contribution is 2.30. The van der Waals surface area contributed by atoms with Crippen molar-refractivity contribution in [2.45, 2.75) is 36.8 Å². The van der Waals surface area contributed by atoms with Crippen LogP contribution in [-0.2, 0) is 19.6 Å². The van der Waals surface area contributed by atoms with E-state index < -0.39 is 28.1 Å². The molecule has 0 saturated carbocycles. The predicted molar refractivity (Wildman–Crippen MR) is 110 cm³/mol. The zero-order valence-corrected chi connectivity index (χ0v) is 18.3. The maximum Gasteiger partial charge on any atom is 0.325 e. The molecule has 8 nitrogen and oxygen atoms in total. The summed E-state index contributed by atoms with van der Waals surface area (Å²) in [5.41, 5.74) is 0. The van der Waals surface area contributed by atoms with Crippen molar-refractivity contribution < 1.29 is 22.4 Å². The molecule has 11 heteroatoms. The van der Waals surface area contributed by atoms with Crippen LogP contribution in [0.25, 0.3) is 10.8 Å². The van der Waals surface area contributed by atoms with E-state index in [2.05, 4.69) is 10.2 Å². The van der Waals surface area contributed by atoms with Gasteiger partial charge in [0.2, 0.25) is 10.0 Å². The Hall–Kier alpha value is -2.27. The molecule has 0 aliphatic carbocycles. The lowest BCUT2D eigenvalue weighted by atomic mass is 10.2. The molecular formula is C19H18ClN3O5S2. The minimum atomic E-state index is -3.85. The maximum atomic E-state index is 13.0. The number of hydrogen-bond acceptors (Lipinski definition) is 8. The first kappa shape index (κ1) is 21.0. The minimum absolute atomic E-state index is 0.0807. The van der Waals surface area contributed by atoms with E-state index in [0.717, 1.165) is 4.88 Å². The standard InChI is InChI=1S/C19H18ClN3O5S2/c1-12(17-21-22-18(28-17)16-5-3-11-29-16)27-19(24)15-4-2-10-23(15)30(25,26)14-8-6-13(20)7-9-14/h3,5-9,11-12,15H,2,4,10H2,1H3/t12-,15-/m1/s1. The van der Waals surface area contributed by atoms with E-state index >= 15 is 0 Å². The van der Waals surface area contributed by atoms with Gasteiger partial charge in [0.15, 0.2) is 6.10 Å². The van der Waals surface area contributed by atoms with E-state index in [0.29, 0.717) is 23.8 Å². The van der Waals surface area contributed by atoms with E-state index in [9.17, 15) is 13.2 Å². The van der Waals surface area contributed by atoms with Gasteiger partial charge in [0.25, 0.3) is 11.8 Å². The lowest BCUT2D eigenvalue weighted by Gasteiger charge is -2.23. The Bertz CT molecular complexity index is 1130. The fraction of sp³-hybridized carbons (Fsp3) is 0.316. The summed E-state index contributed by atoms with van der Waals surface area (Å²) in [5.74, 6) is -0.152. The number of benzene rings is 1. The number of aromatic nitrogens is 2. The van der Waals surface area contributed by atoms with E-state index in [4.69, 9.17) is 20.8 Å².